The number of rotatable bonds is 4. The molecule has 7 heteroatoms. The Bertz CT molecular complexity index is 750. The van der Waals surface area contributed by atoms with Crippen molar-refractivity contribution in [1.82, 2.24) is 14.7 Å². The molecule has 0 saturated heterocycles. The van der Waals surface area contributed by atoms with Crippen LogP contribution in [0, 0.1) is 6.92 Å². The predicted molar refractivity (Wildman–Crippen MR) is 86.9 cm³/mol. The van der Waals surface area contributed by atoms with Crippen LogP contribution in [0.5, 0.6) is 5.75 Å². The summed E-state index contributed by atoms with van der Waals surface area (Å²) in [5.41, 5.74) is 2.16. The van der Waals surface area contributed by atoms with Crippen LogP contribution in [-0.4, -0.2) is 47.7 Å². The molecule has 0 bridgehead atoms. The van der Waals surface area contributed by atoms with Gasteiger partial charge in [0.1, 0.15) is 5.75 Å². The van der Waals surface area contributed by atoms with Gasteiger partial charge in [-0.15, -0.1) is 0 Å². The molecule has 122 valence electrons. The van der Waals surface area contributed by atoms with Crippen molar-refractivity contribution in [3.63, 3.8) is 0 Å². The predicted octanol–water partition coefficient (Wildman–Crippen LogP) is 1.69. The number of anilines is 1. The maximum atomic E-state index is 12.3. The summed E-state index contributed by atoms with van der Waals surface area (Å²) in [4.78, 5) is 26.0. The Morgan fingerprint density at radius 3 is 2.48 bits per heavy atom. The third-order valence-electron chi connectivity index (χ3n) is 3.57. The molecule has 2 rings (SSSR count). The van der Waals surface area contributed by atoms with E-state index in [1.54, 1.807) is 44.0 Å². The Kier molecular flexibility index (Phi) is 4.68. The van der Waals surface area contributed by atoms with E-state index in [0.29, 0.717) is 22.6 Å². The van der Waals surface area contributed by atoms with Gasteiger partial charge >= 0.3 is 0 Å². The first-order valence-corrected chi connectivity index (χ1v) is 7.04. The molecule has 1 heterocycles. The second-order valence-electron chi connectivity index (χ2n) is 5.34. The van der Waals surface area contributed by atoms with Crippen LogP contribution < -0.4 is 10.1 Å². The molecule has 2 aromatic rings. The molecule has 0 aliphatic carbocycles. The average Bonchev–Trinajstić information content (AvgIpc) is 2.86. The van der Waals surface area contributed by atoms with Gasteiger partial charge in [0.15, 0.2) is 0 Å². The van der Waals surface area contributed by atoms with Crippen molar-refractivity contribution < 1.29 is 14.3 Å². The van der Waals surface area contributed by atoms with Crippen LogP contribution in [0.25, 0.3) is 0 Å². The smallest absolute Gasteiger partial charge is 0.259 e. The first-order chi connectivity index (χ1) is 10.8. The summed E-state index contributed by atoms with van der Waals surface area (Å²) in [6.07, 6.45) is 1.51. The molecule has 0 atom stereocenters. The highest BCUT2D eigenvalue weighted by atomic mass is 16.5. The Hall–Kier alpha value is -2.83. The van der Waals surface area contributed by atoms with Crippen LogP contribution in [0.2, 0.25) is 0 Å². The summed E-state index contributed by atoms with van der Waals surface area (Å²) in [6.45, 7) is 1.82. The monoisotopic (exact) mass is 316 g/mol. The van der Waals surface area contributed by atoms with E-state index in [1.165, 1.54) is 18.2 Å². The zero-order chi connectivity index (χ0) is 17.1. The van der Waals surface area contributed by atoms with Crippen LogP contribution in [0.1, 0.15) is 26.4 Å². The molecule has 23 heavy (non-hydrogen) atoms. The maximum Gasteiger partial charge on any atom is 0.259 e. The van der Waals surface area contributed by atoms with Gasteiger partial charge in [-0.3, -0.25) is 14.3 Å². The Labute approximate surface area is 134 Å². The summed E-state index contributed by atoms with van der Waals surface area (Å²) in [5, 5.41) is 6.83. The molecule has 0 radical (unpaired) electrons. The number of methoxy groups -OCH3 is 1. The van der Waals surface area contributed by atoms with Crippen LogP contribution in [-0.2, 0) is 7.05 Å². The Morgan fingerprint density at radius 2 is 1.96 bits per heavy atom. The van der Waals surface area contributed by atoms with E-state index in [2.05, 4.69) is 10.4 Å². The summed E-state index contributed by atoms with van der Waals surface area (Å²) < 4.78 is 6.84. The van der Waals surface area contributed by atoms with Crippen molar-refractivity contribution >= 4 is 17.5 Å². The topological polar surface area (TPSA) is 76.5 Å². The zero-order valence-corrected chi connectivity index (χ0v) is 13.9. The molecule has 0 fully saturated rings. The zero-order valence-electron chi connectivity index (χ0n) is 13.9. The van der Waals surface area contributed by atoms with Gasteiger partial charge < -0.3 is 15.0 Å². The molecule has 1 N–H and O–H groups in total. The number of hydrogen-bond donors (Lipinski definition) is 1. The van der Waals surface area contributed by atoms with Crippen molar-refractivity contribution in [2.24, 2.45) is 7.05 Å². The van der Waals surface area contributed by atoms with Crippen molar-refractivity contribution in [1.29, 1.82) is 0 Å². The number of carbonyl (C=O) groups is 2. The number of aromatic nitrogens is 2. The normalized spacial score (nSPS) is 10.3. The molecule has 0 saturated carbocycles. The van der Waals surface area contributed by atoms with Gasteiger partial charge in [0.2, 0.25) is 0 Å². The lowest BCUT2D eigenvalue weighted by atomic mass is 10.1. The SMILES string of the molecule is COc1ccc(NC(=O)c2cnn(C)c2C)cc1C(=O)N(C)C. The lowest BCUT2D eigenvalue weighted by Gasteiger charge is -2.15. The number of carbonyl (C=O) groups excluding carboxylic acids is 2. The lowest BCUT2D eigenvalue weighted by molar-refractivity contribution is 0.0824. The van der Waals surface area contributed by atoms with Gasteiger partial charge in [-0.05, 0) is 25.1 Å². The number of benzene rings is 1. The van der Waals surface area contributed by atoms with Gasteiger partial charge in [-0.1, -0.05) is 0 Å². The fourth-order valence-electron chi connectivity index (χ4n) is 2.11. The quantitative estimate of drug-likeness (QED) is 0.931. The molecule has 1 aromatic heterocycles. The van der Waals surface area contributed by atoms with Crippen LogP contribution in [0.15, 0.2) is 24.4 Å². The molecular formula is C16H20N4O3. The fourth-order valence-corrected chi connectivity index (χ4v) is 2.11. The largest absolute Gasteiger partial charge is 0.496 e. The van der Waals surface area contributed by atoms with Crippen molar-refractivity contribution in [2.75, 3.05) is 26.5 Å². The van der Waals surface area contributed by atoms with E-state index >= 15 is 0 Å². The van der Waals surface area contributed by atoms with Gasteiger partial charge in [0.25, 0.3) is 11.8 Å². The summed E-state index contributed by atoms with van der Waals surface area (Å²) >= 11 is 0. The Morgan fingerprint density at radius 1 is 1.26 bits per heavy atom. The Balaban J connectivity index is 2.30. The van der Waals surface area contributed by atoms with E-state index in [1.807, 2.05) is 6.92 Å². The van der Waals surface area contributed by atoms with Crippen LogP contribution >= 0.6 is 0 Å². The third kappa shape index (κ3) is 3.33. The lowest BCUT2D eigenvalue weighted by Crippen LogP contribution is -2.22. The third-order valence-corrected chi connectivity index (χ3v) is 3.57. The first kappa shape index (κ1) is 16.5. The summed E-state index contributed by atoms with van der Waals surface area (Å²) in [5.74, 6) is -0.0150. The minimum absolute atomic E-state index is 0.199. The average molecular weight is 316 g/mol. The number of hydrogen-bond acceptors (Lipinski definition) is 4. The molecule has 0 spiro atoms. The highest BCUT2D eigenvalue weighted by Gasteiger charge is 2.17. The second kappa shape index (κ2) is 6.51. The van der Waals surface area contributed by atoms with Crippen molar-refractivity contribution in [2.45, 2.75) is 6.92 Å². The maximum absolute atomic E-state index is 12.3. The van der Waals surface area contributed by atoms with Crippen LogP contribution in [0.3, 0.4) is 0 Å². The highest BCUT2D eigenvalue weighted by molar-refractivity contribution is 6.06. The fraction of sp³-hybridized carbons (Fsp3) is 0.312. The number of aryl methyl sites for hydroxylation is 1. The molecule has 0 aliphatic heterocycles. The van der Waals surface area contributed by atoms with Gasteiger partial charge in [0.05, 0.1) is 24.4 Å². The molecule has 1 aromatic carbocycles. The van der Waals surface area contributed by atoms with Crippen molar-refractivity contribution in [3.8, 4) is 5.75 Å². The van der Waals surface area contributed by atoms with E-state index < -0.39 is 0 Å². The number of ether oxygens (including phenoxy) is 1. The second-order valence-corrected chi connectivity index (χ2v) is 5.34. The minimum atomic E-state index is -0.274. The van der Waals surface area contributed by atoms with Gasteiger partial charge in [-0.25, -0.2) is 0 Å². The molecule has 0 aliphatic rings. The molecule has 2 amide bonds. The van der Waals surface area contributed by atoms with Gasteiger partial charge in [0, 0.05) is 32.5 Å². The molecular weight excluding hydrogens is 296 g/mol. The van der Waals surface area contributed by atoms with Crippen molar-refractivity contribution in [3.05, 3.63) is 41.2 Å². The molecule has 0 unspecified atom stereocenters. The van der Waals surface area contributed by atoms with E-state index in [0.717, 1.165) is 5.69 Å². The van der Waals surface area contributed by atoms with Gasteiger partial charge in [-0.2, -0.15) is 5.10 Å². The molecule has 7 nitrogen and oxygen atoms in total. The number of amides is 2. The summed E-state index contributed by atoms with van der Waals surface area (Å²) in [7, 11) is 6.59. The summed E-state index contributed by atoms with van der Waals surface area (Å²) in [6, 6.07) is 4.95. The van der Waals surface area contributed by atoms with E-state index in [-0.39, 0.29) is 11.8 Å². The standard InChI is InChI=1S/C16H20N4O3/c1-10-13(9-17-20(10)4)15(21)18-11-6-7-14(23-5)12(8-11)16(22)19(2)3/h6-9H,1-5H3,(H,18,21). The van der Waals surface area contributed by atoms with E-state index in [4.69, 9.17) is 4.74 Å². The van der Waals surface area contributed by atoms with E-state index in [9.17, 15) is 9.59 Å². The minimum Gasteiger partial charge on any atom is -0.496 e. The van der Waals surface area contributed by atoms with Crippen LogP contribution in [0.4, 0.5) is 5.69 Å². The number of nitrogens with zero attached hydrogens (tertiary/aromatic N) is 3. The highest BCUT2D eigenvalue weighted by Crippen LogP contribution is 2.24. The number of nitrogens with one attached hydrogen (secondary N) is 1. The first-order valence-electron chi connectivity index (χ1n) is 7.04.